The molecule has 2 rings (SSSR count). The Labute approximate surface area is 136 Å². The van der Waals surface area contributed by atoms with Gasteiger partial charge in [0.25, 0.3) is 0 Å². The highest BCUT2D eigenvalue weighted by molar-refractivity contribution is 5.99. The standard InChI is InChI=1S/C19H20O4/c1-3-14-7-9-16(10-8-14)18(20)13-23-19(21)17-6-4-5-15(11-17)12-22-2/h4-11H,3,12-13H2,1-2H3. The van der Waals surface area contributed by atoms with Crippen LogP contribution < -0.4 is 0 Å². The number of carbonyl (C=O) groups is 2. The SMILES string of the molecule is CCc1ccc(C(=O)COC(=O)c2cccc(COC)c2)cc1. The Hall–Kier alpha value is -2.46. The van der Waals surface area contributed by atoms with Gasteiger partial charge in [0.05, 0.1) is 12.2 Å². The molecule has 0 unspecified atom stereocenters. The zero-order chi connectivity index (χ0) is 16.7. The maximum absolute atomic E-state index is 12.1. The molecule has 0 aliphatic carbocycles. The predicted octanol–water partition coefficient (Wildman–Crippen LogP) is 3.44. The Morgan fingerprint density at radius 3 is 2.35 bits per heavy atom. The Bertz CT molecular complexity index is 674. The number of aryl methyl sites for hydroxylation is 1. The molecule has 4 heteroatoms. The number of ether oxygens (including phenoxy) is 2. The van der Waals surface area contributed by atoms with Crippen LogP contribution in [-0.2, 0) is 22.5 Å². The number of rotatable bonds is 7. The first kappa shape index (κ1) is 16.9. The summed E-state index contributed by atoms with van der Waals surface area (Å²) in [5, 5.41) is 0. The molecule has 0 aromatic heterocycles. The Kier molecular flexibility index (Phi) is 6.06. The van der Waals surface area contributed by atoms with Gasteiger partial charge in [-0.25, -0.2) is 4.79 Å². The number of Topliss-reactive ketones (excluding diaryl/α,β-unsaturated/α-hetero) is 1. The molecule has 0 N–H and O–H groups in total. The average Bonchev–Trinajstić information content (AvgIpc) is 2.60. The number of hydrogen-bond donors (Lipinski definition) is 0. The van der Waals surface area contributed by atoms with Gasteiger partial charge in [0.1, 0.15) is 0 Å². The van der Waals surface area contributed by atoms with Crippen LogP contribution in [0, 0.1) is 0 Å². The molecule has 0 saturated heterocycles. The Balaban J connectivity index is 1.95. The van der Waals surface area contributed by atoms with Crippen molar-refractivity contribution in [1.82, 2.24) is 0 Å². The summed E-state index contributed by atoms with van der Waals surface area (Å²) in [4.78, 5) is 24.1. The molecule has 4 nitrogen and oxygen atoms in total. The van der Waals surface area contributed by atoms with E-state index in [0.717, 1.165) is 17.5 Å². The summed E-state index contributed by atoms with van der Waals surface area (Å²) in [6.45, 7) is 2.21. The molecule has 0 aliphatic rings. The summed E-state index contributed by atoms with van der Waals surface area (Å²) in [5.41, 5.74) is 2.99. The lowest BCUT2D eigenvalue weighted by molar-refractivity contribution is 0.0474. The Morgan fingerprint density at radius 2 is 1.70 bits per heavy atom. The van der Waals surface area contributed by atoms with Crippen molar-refractivity contribution in [3.05, 3.63) is 70.8 Å². The number of carbonyl (C=O) groups excluding carboxylic acids is 2. The molecule has 23 heavy (non-hydrogen) atoms. The fourth-order valence-corrected chi connectivity index (χ4v) is 2.18. The maximum atomic E-state index is 12.1. The summed E-state index contributed by atoms with van der Waals surface area (Å²) >= 11 is 0. The van der Waals surface area contributed by atoms with E-state index in [1.807, 2.05) is 18.2 Å². The molecule has 0 atom stereocenters. The van der Waals surface area contributed by atoms with E-state index in [2.05, 4.69) is 6.92 Å². The first-order valence-corrected chi connectivity index (χ1v) is 7.51. The van der Waals surface area contributed by atoms with E-state index in [4.69, 9.17) is 9.47 Å². The van der Waals surface area contributed by atoms with Gasteiger partial charge in [-0.15, -0.1) is 0 Å². The van der Waals surface area contributed by atoms with Crippen LogP contribution >= 0.6 is 0 Å². The minimum absolute atomic E-state index is 0.214. The molecule has 0 bridgehead atoms. The van der Waals surface area contributed by atoms with Crippen molar-refractivity contribution >= 4 is 11.8 Å². The minimum atomic E-state index is -0.513. The van der Waals surface area contributed by atoms with E-state index < -0.39 is 5.97 Å². The second-order valence-electron chi connectivity index (χ2n) is 5.18. The summed E-state index contributed by atoms with van der Waals surface area (Å²) < 4.78 is 10.1. The zero-order valence-electron chi connectivity index (χ0n) is 13.4. The molecule has 0 amide bonds. The van der Waals surface area contributed by atoms with Gasteiger partial charge in [-0.3, -0.25) is 4.79 Å². The molecular formula is C19H20O4. The van der Waals surface area contributed by atoms with Gasteiger partial charge in [0.2, 0.25) is 0 Å². The fourth-order valence-electron chi connectivity index (χ4n) is 2.18. The smallest absolute Gasteiger partial charge is 0.338 e. The van der Waals surface area contributed by atoms with Gasteiger partial charge in [-0.1, -0.05) is 43.3 Å². The van der Waals surface area contributed by atoms with Crippen molar-refractivity contribution in [2.45, 2.75) is 20.0 Å². The van der Waals surface area contributed by atoms with Crippen molar-refractivity contribution in [2.75, 3.05) is 13.7 Å². The number of benzene rings is 2. The van der Waals surface area contributed by atoms with Crippen molar-refractivity contribution in [3.8, 4) is 0 Å². The van der Waals surface area contributed by atoms with E-state index in [1.165, 1.54) is 0 Å². The molecule has 0 fully saturated rings. The molecule has 0 spiro atoms. The third-order valence-corrected chi connectivity index (χ3v) is 3.49. The number of ketones is 1. The average molecular weight is 312 g/mol. The van der Waals surface area contributed by atoms with Crippen LogP contribution in [0.5, 0.6) is 0 Å². The predicted molar refractivity (Wildman–Crippen MR) is 87.6 cm³/mol. The van der Waals surface area contributed by atoms with Gasteiger partial charge in [0.15, 0.2) is 12.4 Å². The quantitative estimate of drug-likeness (QED) is 0.580. The second kappa shape index (κ2) is 8.25. The van der Waals surface area contributed by atoms with Crippen LogP contribution in [0.15, 0.2) is 48.5 Å². The minimum Gasteiger partial charge on any atom is -0.454 e. The summed E-state index contributed by atoms with van der Waals surface area (Å²) in [5.74, 6) is -0.726. The van der Waals surface area contributed by atoms with E-state index in [1.54, 1.807) is 37.4 Å². The lowest BCUT2D eigenvalue weighted by Crippen LogP contribution is -2.14. The topological polar surface area (TPSA) is 52.6 Å². The van der Waals surface area contributed by atoms with Gasteiger partial charge in [-0.2, -0.15) is 0 Å². The van der Waals surface area contributed by atoms with E-state index >= 15 is 0 Å². The summed E-state index contributed by atoms with van der Waals surface area (Å²) in [6.07, 6.45) is 0.918. The third kappa shape index (κ3) is 4.76. The molecule has 0 aliphatic heterocycles. The first-order chi connectivity index (χ1) is 11.1. The zero-order valence-corrected chi connectivity index (χ0v) is 13.4. The van der Waals surface area contributed by atoms with Crippen molar-refractivity contribution in [2.24, 2.45) is 0 Å². The lowest BCUT2D eigenvalue weighted by atomic mass is 10.1. The van der Waals surface area contributed by atoms with Crippen LogP contribution in [0.3, 0.4) is 0 Å². The van der Waals surface area contributed by atoms with E-state index in [9.17, 15) is 9.59 Å². The van der Waals surface area contributed by atoms with Crippen molar-refractivity contribution in [1.29, 1.82) is 0 Å². The molecule has 2 aromatic carbocycles. The normalized spacial score (nSPS) is 10.3. The van der Waals surface area contributed by atoms with Crippen LogP contribution in [0.1, 0.15) is 38.8 Å². The maximum Gasteiger partial charge on any atom is 0.338 e. The first-order valence-electron chi connectivity index (χ1n) is 7.51. The number of esters is 1. The van der Waals surface area contributed by atoms with Crippen LogP contribution in [0.2, 0.25) is 0 Å². The Morgan fingerprint density at radius 1 is 0.957 bits per heavy atom. The molecule has 0 radical (unpaired) electrons. The molecule has 120 valence electrons. The fraction of sp³-hybridized carbons (Fsp3) is 0.263. The lowest BCUT2D eigenvalue weighted by Gasteiger charge is -2.06. The highest BCUT2D eigenvalue weighted by atomic mass is 16.5. The summed E-state index contributed by atoms with van der Waals surface area (Å²) in [7, 11) is 1.59. The highest BCUT2D eigenvalue weighted by Crippen LogP contribution is 2.10. The van der Waals surface area contributed by atoms with Crippen LogP contribution in [0.25, 0.3) is 0 Å². The van der Waals surface area contributed by atoms with E-state index in [-0.39, 0.29) is 12.4 Å². The highest BCUT2D eigenvalue weighted by Gasteiger charge is 2.12. The molecule has 0 heterocycles. The van der Waals surface area contributed by atoms with Crippen LogP contribution in [-0.4, -0.2) is 25.5 Å². The number of methoxy groups -OCH3 is 1. The van der Waals surface area contributed by atoms with E-state index in [0.29, 0.717) is 17.7 Å². The van der Waals surface area contributed by atoms with Crippen LogP contribution in [0.4, 0.5) is 0 Å². The molecule has 2 aromatic rings. The molecular weight excluding hydrogens is 292 g/mol. The summed E-state index contributed by atoms with van der Waals surface area (Å²) in [6, 6.07) is 14.3. The third-order valence-electron chi connectivity index (χ3n) is 3.49. The molecule has 0 saturated carbocycles. The van der Waals surface area contributed by atoms with Crippen molar-refractivity contribution in [3.63, 3.8) is 0 Å². The van der Waals surface area contributed by atoms with Gasteiger partial charge < -0.3 is 9.47 Å². The largest absolute Gasteiger partial charge is 0.454 e. The van der Waals surface area contributed by atoms with Crippen molar-refractivity contribution < 1.29 is 19.1 Å². The second-order valence-corrected chi connectivity index (χ2v) is 5.18. The van der Waals surface area contributed by atoms with Gasteiger partial charge in [-0.05, 0) is 29.7 Å². The van der Waals surface area contributed by atoms with Gasteiger partial charge in [0, 0.05) is 12.7 Å². The monoisotopic (exact) mass is 312 g/mol. The van der Waals surface area contributed by atoms with Gasteiger partial charge >= 0.3 is 5.97 Å². The number of hydrogen-bond acceptors (Lipinski definition) is 4.